The van der Waals surface area contributed by atoms with Crippen LogP contribution < -0.4 is 5.32 Å². The number of Topliss-reactive ketones (excluding diaryl/α,β-unsaturated/α-hetero) is 2. The number of hydrogen-bond acceptors (Lipinski definition) is 14. The lowest BCUT2D eigenvalue weighted by Gasteiger charge is -2.47. The minimum Gasteiger partial charge on any atom is -0.460 e. The molecule has 3 aliphatic heterocycles. The number of ether oxygens (including phenoxy) is 6. The van der Waals surface area contributed by atoms with Crippen LogP contribution in [0.2, 0.25) is 0 Å². The first-order valence-electron chi connectivity index (χ1n) is 25.2. The highest BCUT2D eigenvalue weighted by Crippen LogP contribution is 2.40. The van der Waals surface area contributed by atoms with Gasteiger partial charge in [-0.05, 0) is 107 Å². The Morgan fingerprint density at radius 2 is 1.62 bits per heavy atom. The molecule has 3 heterocycles. The van der Waals surface area contributed by atoms with Crippen LogP contribution in [0.3, 0.4) is 0 Å². The Morgan fingerprint density at radius 3 is 2.29 bits per heavy atom. The zero-order valence-corrected chi connectivity index (χ0v) is 43.1. The maximum atomic E-state index is 14.9. The third kappa shape index (κ3) is 15.6. The molecule has 0 aromatic heterocycles. The maximum Gasteiger partial charge on any atom is 0.407 e. The van der Waals surface area contributed by atoms with Crippen LogP contribution in [-0.2, 0) is 47.6 Å². The number of esters is 1. The van der Waals surface area contributed by atoms with Crippen molar-refractivity contribution in [2.75, 3.05) is 34.9 Å². The van der Waals surface area contributed by atoms with Crippen molar-refractivity contribution in [2.24, 2.45) is 35.5 Å². The number of allylic oxidation sites excluding steroid dienone is 6. The number of ketones is 2. The molecule has 6 unspecified atom stereocenters. The molecule has 390 valence electrons. The van der Waals surface area contributed by atoms with E-state index in [-0.39, 0.29) is 54.8 Å². The smallest absolute Gasteiger partial charge is 0.407 e. The number of aliphatic hydroxyl groups is 3. The quantitative estimate of drug-likeness (QED) is 0.162. The van der Waals surface area contributed by atoms with E-state index >= 15 is 0 Å². The number of nitrogens with zero attached hydrogens (tertiary/aromatic N) is 1. The normalized spacial score (nSPS) is 39.7. The van der Waals surface area contributed by atoms with Crippen LogP contribution in [0.15, 0.2) is 47.6 Å². The van der Waals surface area contributed by atoms with Gasteiger partial charge < -0.3 is 54.0 Å². The number of hydrogen-bond donors (Lipinski definition) is 4. The molecule has 3 fully saturated rings. The molecule has 16 heteroatoms. The molecule has 16 nitrogen and oxygen atoms in total. The van der Waals surface area contributed by atoms with E-state index in [4.69, 9.17) is 28.4 Å². The number of nitrogens with one attached hydrogen (secondary N) is 1. The van der Waals surface area contributed by atoms with Crippen molar-refractivity contribution in [2.45, 2.75) is 186 Å². The van der Waals surface area contributed by atoms with Crippen LogP contribution >= 0.6 is 0 Å². The minimum atomic E-state index is -2.28. The van der Waals surface area contributed by atoms with Gasteiger partial charge in [0.05, 0.1) is 24.4 Å². The van der Waals surface area contributed by atoms with Gasteiger partial charge in [-0.1, -0.05) is 71.1 Å². The number of carbonyl (C=O) groups excluding carboxylic acids is 5. The lowest BCUT2D eigenvalue weighted by atomic mass is 9.78. The summed E-state index contributed by atoms with van der Waals surface area (Å²) in [6.07, 6.45) is 8.25. The number of alkyl carbamates (subject to hydrolysis) is 1. The molecule has 1 saturated carbocycles. The molecular weight excluding hydrogens is 889 g/mol. The van der Waals surface area contributed by atoms with Crippen molar-refractivity contribution < 1.29 is 67.7 Å². The van der Waals surface area contributed by atoms with Crippen LogP contribution in [0.4, 0.5) is 4.79 Å². The van der Waals surface area contributed by atoms with Crippen molar-refractivity contribution in [1.82, 2.24) is 10.2 Å². The number of piperidine rings is 1. The first-order valence-corrected chi connectivity index (χ1v) is 25.2. The summed E-state index contributed by atoms with van der Waals surface area (Å²) in [5.74, 6) is -6.48. The second-order valence-electron chi connectivity index (χ2n) is 20.4. The monoisotopic (exact) mass is 973 g/mol. The van der Waals surface area contributed by atoms with Gasteiger partial charge in [0, 0.05) is 65.5 Å². The number of cyclic esters (lactones) is 1. The lowest BCUT2D eigenvalue weighted by Crippen LogP contribution is -2.64. The summed E-state index contributed by atoms with van der Waals surface area (Å²) < 4.78 is 35.6. The van der Waals surface area contributed by atoms with Crippen LogP contribution in [-0.4, -0.2) is 145 Å². The molecule has 2 saturated heterocycles. The van der Waals surface area contributed by atoms with Crippen molar-refractivity contribution in [1.29, 1.82) is 0 Å². The Kier molecular flexibility index (Phi) is 22.8. The molecule has 0 aromatic rings. The summed E-state index contributed by atoms with van der Waals surface area (Å²) in [6, 6.07) is -1.14. The third-order valence-electron chi connectivity index (χ3n) is 15.1. The molecule has 16 atom stereocenters. The van der Waals surface area contributed by atoms with Crippen LogP contribution in [0, 0.1) is 35.5 Å². The van der Waals surface area contributed by atoms with Gasteiger partial charge in [0.25, 0.3) is 5.91 Å². The Morgan fingerprint density at radius 1 is 0.899 bits per heavy atom. The van der Waals surface area contributed by atoms with Gasteiger partial charge in [0.15, 0.2) is 5.78 Å². The summed E-state index contributed by atoms with van der Waals surface area (Å²) in [5.41, 5.74) is 1.26. The predicted octanol–water partition coefficient (Wildman–Crippen LogP) is 6.34. The van der Waals surface area contributed by atoms with Gasteiger partial charge in [-0.15, -0.1) is 0 Å². The topological polar surface area (TPSA) is 217 Å². The molecule has 4 N–H and O–H groups in total. The maximum absolute atomic E-state index is 14.9. The highest BCUT2D eigenvalue weighted by atomic mass is 16.7. The highest BCUT2D eigenvalue weighted by Gasteiger charge is 2.56. The highest BCUT2D eigenvalue weighted by molar-refractivity contribution is 5.90. The van der Waals surface area contributed by atoms with Crippen LogP contribution in [0.25, 0.3) is 0 Å². The molecule has 2 amide bonds. The van der Waals surface area contributed by atoms with E-state index in [1.807, 2.05) is 58.1 Å². The number of fused-ring (bicyclic) bond motifs is 3. The van der Waals surface area contributed by atoms with Gasteiger partial charge in [0.2, 0.25) is 11.9 Å². The second-order valence-corrected chi connectivity index (χ2v) is 20.4. The number of rotatable bonds is 7. The van der Waals surface area contributed by atoms with Crippen molar-refractivity contribution in [3.63, 3.8) is 0 Å². The van der Waals surface area contributed by atoms with E-state index in [2.05, 4.69) is 5.32 Å². The average molecular weight is 973 g/mol. The van der Waals surface area contributed by atoms with Crippen LogP contribution in [0.1, 0.15) is 126 Å². The molecule has 69 heavy (non-hydrogen) atoms. The van der Waals surface area contributed by atoms with E-state index in [9.17, 15) is 39.3 Å². The largest absolute Gasteiger partial charge is 0.460 e. The summed E-state index contributed by atoms with van der Waals surface area (Å²) in [7, 11) is 5.87. The molecule has 0 radical (unpaired) electrons. The third-order valence-corrected chi connectivity index (χ3v) is 15.1. The molecule has 4 aliphatic rings. The molecular formula is C53H84N2O14. The SMILES string of the molecule is CNC(=O)O[C@H]1C(=O)N2CCCCC2C(=O)OC([C@H](C)CC2CC[C@@H](O)[C@H](OC)C2)CC(=O)[C@H](C)/C=C(\C)C(O)[C@@H](OC)C(=O)C(C)CC(C)/C=C/C=C/C=C(\C)[C@@H](OC)C[C@@H]2CC[C@@H](C)[C@@]1(O)O2. The van der Waals surface area contributed by atoms with E-state index in [1.165, 1.54) is 19.1 Å². The molecule has 2 bridgehead atoms. The molecule has 1 aliphatic carbocycles. The van der Waals surface area contributed by atoms with E-state index in [0.29, 0.717) is 69.8 Å². The Bertz CT molecular complexity index is 1850. The molecule has 0 spiro atoms. The Hall–Kier alpha value is -3.77. The zero-order valence-electron chi connectivity index (χ0n) is 43.1. The summed E-state index contributed by atoms with van der Waals surface area (Å²) in [5, 5.41) is 36.9. The minimum absolute atomic E-state index is 0.00866. The molecule has 0 aromatic carbocycles. The fourth-order valence-corrected chi connectivity index (χ4v) is 10.5. The van der Waals surface area contributed by atoms with Gasteiger partial charge >= 0.3 is 12.1 Å². The number of amides is 2. The number of aliphatic hydroxyl groups excluding tert-OH is 2. The number of methoxy groups -OCH3 is 3. The van der Waals surface area contributed by atoms with Gasteiger partial charge in [-0.3, -0.25) is 14.4 Å². The number of carbonyl (C=O) groups is 5. The van der Waals surface area contributed by atoms with Gasteiger partial charge in [-0.25, -0.2) is 9.59 Å². The van der Waals surface area contributed by atoms with E-state index in [0.717, 1.165) is 5.57 Å². The first-order chi connectivity index (χ1) is 32.7. The van der Waals surface area contributed by atoms with E-state index in [1.54, 1.807) is 41.1 Å². The van der Waals surface area contributed by atoms with Gasteiger partial charge in [-0.2, -0.15) is 0 Å². The average Bonchev–Trinajstić information content (AvgIpc) is 3.32. The summed E-state index contributed by atoms with van der Waals surface area (Å²) >= 11 is 0. The fourth-order valence-electron chi connectivity index (χ4n) is 10.5. The van der Waals surface area contributed by atoms with E-state index < -0.39 is 90.3 Å². The second kappa shape index (κ2) is 27.2. The van der Waals surface area contributed by atoms with Crippen LogP contribution in [0.5, 0.6) is 0 Å². The summed E-state index contributed by atoms with van der Waals surface area (Å²) in [4.78, 5) is 71.8. The van der Waals surface area contributed by atoms with Gasteiger partial charge in [0.1, 0.15) is 30.1 Å². The molecule has 4 rings (SSSR count). The predicted molar refractivity (Wildman–Crippen MR) is 259 cm³/mol. The van der Waals surface area contributed by atoms with Crippen molar-refractivity contribution in [3.8, 4) is 0 Å². The zero-order chi connectivity index (χ0) is 51.2. The first kappa shape index (κ1) is 57.8. The Balaban J connectivity index is 1.77. The van der Waals surface area contributed by atoms with Crippen molar-refractivity contribution in [3.05, 3.63) is 47.6 Å². The Labute approximate surface area is 410 Å². The lowest BCUT2D eigenvalue weighted by molar-refractivity contribution is -0.316. The standard InChI is InChI=1S/C53H84N2O14/c1-31-17-13-12-14-18-32(2)43(64-9)29-39-22-20-37(7)53(63,69-39)49(68-52(62)54-8)50(60)55-24-16-15-19-40(55)51(61)67-44(34(4)27-38-21-23-41(56)45(28-38)65-10)30-42(57)33(3)26-36(6)47(59)48(66-11)46(58)35(5)25-31/h12-14,17-18,26,31,33-35,37-41,43-45,47-49,56,59,63H,15-16,19-25,27-30H2,1-11H3,(H,54,62)/b14-12+,17-13+,32-18+,36-26+/t31?,33-,34-,35?,37-,38?,39+,40?,41-,43+,44?,45-,47?,48+,49+,53-/m1/s1. The summed E-state index contributed by atoms with van der Waals surface area (Å²) in [6.45, 7) is 12.8. The van der Waals surface area contributed by atoms with Crippen molar-refractivity contribution >= 4 is 29.5 Å². The fraction of sp³-hybridized carbons (Fsp3) is 0.755.